The Balaban J connectivity index is 2.21. The highest BCUT2D eigenvalue weighted by atomic mass is 32.2. The second-order valence-corrected chi connectivity index (χ2v) is 4.57. The van der Waals surface area contributed by atoms with Crippen LogP contribution in [-0.4, -0.2) is 32.3 Å². The van der Waals surface area contributed by atoms with E-state index in [2.05, 4.69) is 10.3 Å². The highest BCUT2D eigenvalue weighted by Gasteiger charge is 2.07. The fraction of sp³-hybridized carbons (Fsp3) is 0.250. The lowest BCUT2D eigenvalue weighted by molar-refractivity contribution is -0.136. The van der Waals surface area contributed by atoms with Gasteiger partial charge in [0.15, 0.2) is 0 Å². The van der Waals surface area contributed by atoms with Gasteiger partial charge in [0.2, 0.25) is 0 Å². The Morgan fingerprint density at radius 3 is 2.94 bits per heavy atom. The normalized spacial score (nSPS) is 10.5. The molecule has 5 nitrogen and oxygen atoms in total. The Kier molecular flexibility index (Phi) is 3.99. The first-order valence-corrected chi connectivity index (χ1v) is 6.69. The molecule has 0 saturated heterocycles. The largest absolute Gasteiger partial charge is 0.481 e. The lowest BCUT2D eigenvalue weighted by Gasteiger charge is -2.05. The Morgan fingerprint density at radius 1 is 1.44 bits per heavy atom. The predicted molar refractivity (Wildman–Crippen MR) is 69.1 cm³/mol. The van der Waals surface area contributed by atoms with Gasteiger partial charge in [-0.15, -0.1) is 16.9 Å². The Bertz CT molecular complexity index is 554. The number of hydrogen-bond acceptors (Lipinski definition) is 4. The van der Waals surface area contributed by atoms with Crippen LogP contribution in [0.5, 0.6) is 0 Å². The van der Waals surface area contributed by atoms with Gasteiger partial charge in [-0.1, -0.05) is 17.3 Å². The summed E-state index contributed by atoms with van der Waals surface area (Å²) in [5.41, 5.74) is 1.65. The molecule has 0 fully saturated rings. The minimum atomic E-state index is -0.825. The van der Waals surface area contributed by atoms with Crippen molar-refractivity contribution in [1.29, 1.82) is 0 Å². The highest BCUT2D eigenvalue weighted by molar-refractivity contribution is 7.98. The summed E-state index contributed by atoms with van der Waals surface area (Å²) >= 11 is 1.64. The molecule has 0 amide bonds. The molecule has 2 rings (SSSR count). The highest BCUT2D eigenvalue weighted by Crippen LogP contribution is 2.22. The van der Waals surface area contributed by atoms with Gasteiger partial charge in [-0.05, 0) is 18.4 Å². The molecule has 0 aliphatic rings. The third-order valence-electron chi connectivity index (χ3n) is 2.47. The molecule has 1 heterocycles. The summed E-state index contributed by atoms with van der Waals surface area (Å²) in [6, 6.07) is 7.88. The summed E-state index contributed by atoms with van der Waals surface area (Å²) in [5, 5.41) is 16.6. The van der Waals surface area contributed by atoms with E-state index in [1.54, 1.807) is 22.6 Å². The van der Waals surface area contributed by atoms with Crippen molar-refractivity contribution in [2.45, 2.75) is 17.7 Å². The zero-order valence-electron chi connectivity index (χ0n) is 9.91. The maximum absolute atomic E-state index is 10.5. The zero-order valence-corrected chi connectivity index (χ0v) is 10.7. The summed E-state index contributed by atoms with van der Waals surface area (Å²) in [6.45, 7) is 0. The maximum Gasteiger partial charge on any atom is 0.303 e. The van der Waals surface area contributed by atoms with Gasteiger partial charge in [-0.2, -0.15) is 0 Å². The lowest BCUT2D eigenvalue weighted by atomic mass is 10.2. The van der Waals surface area contributed by atoms with Gasteiger partial charge in [0.1, 0.15) is 0 Å². The SMILES string of the molecule is CSc1ccccc1-n1cc(CCC(=O)O)nn1. The van der Waals surface area contributed by atoms with Crippen molar-refractivity contribution in [2.75, 3.05) is 6.26 Å². The van der Waals surface area contributed by atoms with Gasteiger partial charge in [0.05, 0.1) is 24.0 Å². The summed E-state index contributed by atoms with van der Waals surface area (Å²) in [4.78, 5) is 11.6. The van der Waals surface area contributed by atoms with Crippen molar-refractivity contribution >= 4 is 17.7 Å². The minimum absolute atomic E-state index is 0.0723. The molecule has 94 valence electrons. The van der Waals surface area contributed by atoms with Gasteiger partial charge < -0.3 is 5.11 Å². The number of aliphatic carboxylic acids is 1. The van der Waals surface area contributed by atoms with Crippen molar-refractivity contribution in [3.8, 4) is 5.69 Å². The smallest absolute Gasteiger partial charge is 0.303 e. The summed E-state index contributed by atoms with van der Waals surface area (Å²) < 4.78 is 1.68. The average molecular weight is 263 g/mol. The quantitative estimate of drug-likeness (QED) is 0.836. The molecule has 0 radical (unpaired) electrons. The standard InChI is InChI=1S/C12H13N3O2S/c1-18-11-5-3-2-4-10(11)15-8-9(13-14-15)6-7-12(16)17/h2-5,8H,6-7H2,1H3,(H,16,17). The van der Waals surface area contributed by atoms with Gasteiger partial charge in [0.25, 0.3) is 0 Å². The van der Waals surface area contributed by atoms with Crippen LogP contribution >= 0.6 is 11.8 Å². The predicted octanol–water partition coefficient (Wildman–Crippen LogP) is 2.01. The second kappa shape index (κ2) is 5.68. The number of aryl methyl sites for hydroxylation is 1. The zero-order chi connectivity index (χ0) is 13.0. The van der Waals surface area contributed by atoms with E-state index in [4.69, 9.17) is 5.11 Å². The Hall–Kier alpha value is -1.82. The van der Waals surface area contributed by atoms with E-state index in [1.165, 1.54) is 0 Å². The molecule has 1 aromatic carbocycles. The molecule has 2 aromatic rings. The molecule has 6 heteroatoms. The van der Waals surface area contributed by atoms with Crippen molar-refractivity contribution in [2.24, 2.45) is 0 Å². The van der Waals surface area contributed by atoms with Crippen molar-refractivity contribution in [3.63, 3.8) is 0 Å². The van der Waals surface area contributed by atoms with Crippen LogP contribution in [0.1, 0.15) is 12.1 Å². The number of carboxylic acids is 1. The first-order chi connectivity index (χ1) is 8.70. The molecule has 1 N–H and O–H groups in total. The molecular weight excluding hydrogens is 250 g/mol. The fourth-order valence-electron chi connectivity index (χ4n) is 1.58. The molecule has 0 unspecified atom stereocenters. The number of thioether (sulfide) groups is 1. The van der Waals surface area contributed by atoms with E-state index < -0.39 is 5.97 Å². The van der Waals surface area contributed by atoms with E-state index in [1.807, 2.05) is 30.5 Å². The van der Waals surface area contributed by atoms with Crippen molar-refractivity contribution < 1.29 is 9.90 Å². The van der Waals surface area contributed by atoms with Crippen LogP contribution in [0.3, 0.4) is 0 Å². The maximum atomic E-state index is 10.5. The van der Waals surface area contributed by atoms with Crippen LogP contribution < -0.4 is 0 Å². The number of para-hydroxylation sites is 1. The minimum Gasteiger partial charge on any atom is -0.481 e. The molecule has 0 aliphatic heterocycles. The monoisotopic (exact) mass is 263 g/mol. The van der Waals surface area contributed by atoms with Crippen LogP contribution in [0.25, 0.3) is 5.69 Å². The molecule has 0 spiro atoms. The first kappa shape index (κ1) is 12.6. The van der Waals surface area contributed by atoms with Crippen LogP contribution in [-0.2, 0) is 11.2 Å². The molecule has 18 heavy (non-hydrogen) atoms. The first-order valence-electron chi connectivity index (χ1n) is 5.47. The van der Waals surface area contributed by atoms with Gasteiger partial charge in [0, 0.05) is 11.3 Å². The average Bonchev–Trinajstić information content (AvgIpc) is 2.85. The summed E-state index contributed by atoms with van der Waals surface area (Å²) in [6.07, 6.45) is 4.25. The van der Waals surface area contributed by atoms with Crippen molar-refractivity contribution in [1.82, 2.24) is 15.0 Å². The van der Waals surface area contributed by atoms with Gasteiger partial charge in [-0.3, -0.25) is 4.79 Å². The molecule has 1 aromatic heterocycles. The molecule has 0 saturated carbocycles. The Morgan fingerprint density at radius 2 is 2.22 bits per heavy atom. The number of carbonyl (C=O) groups is 1. The number of rotatable bonds is 5. The third kappa shape index (κ3) is 2.89. The van der Waals surface area contributed by atoms with Crippen LogP contribution in [0.15, 0.2) is 35.4 Å². The topological polar surface area (TPSA) is 68.0 Å². The fourth-order valence-corrected chi connectivity index (χ4v) is 2.17. The number of carboxylic acid groups (broad SMARTS) is 1. The molecular formula is C12H13N3O2S. The van der Waals surface area contributed by atoms with Crippen LogP contribution in [0.4, 0.5) is 0 Å². The van der Waals surface area contributed by atoms with E-state index in [0.29, 0.717) is 12.1 Å². The Labute approximate surface area is 109 Å². The second-order valence-electron chi connectivity index (χ2n) is 3.72. The molecule has 0 aliphatic carbocycles. The van der Waals surface area contributed by atoms with Crippen LogP contribution in [0.2, 0.25) is 0 Å². The molecule has 0 bridgehead atoms. The van der Waals surface area contributed by atoms with Crippen molar-refractivity contribution in [3.05, 3.63) is 36.2 Å². The van der Waals surface area contributed by atoms with E-state index in [9.17, 15) is 4.79 Å². The van der Waals surface area contributed by atoms with Crippen LogP contribution in [0, 0.1) is 0 Å². The molecule has 0 atom stereocenters. The number of hydrogen-bond donors (Lipinski definition) is 1. The van der Waals surface area contributed by atoms with E-state index >= 15 is 0 Å². The van der Waals surface area contributed by atoms with Gasteiger partial charge >= 0.3 is 5.97 Å². The van der Waals surface area contributed by atoms with E-state index in [0.717, 1.165) is 10.6 Å². The summed E-state index contributed by atoms with van der Waals surface area (Å²) in [5.74, 6) is -0.825. The number of benzene rings is 1. The number of nitrogens with zero attached hydrogens (tertiary/aromatic N) is 3. The number of aromatic nitrogens is 3. The summed E-state index contributed by atoms with van der Waals surface area (Å²) in [7, 11) is 0. The third-order valence-corrected chi connectivity index (χ3v) is 3.25. The van der Waals surface area contributed by atoms with E-state index in [-0.39, 0.29) is 6.42 Å². The lowest BCUT2D eigenvalue weighted by Crippen LogP contribution is -1.97. The van der Waals surface area contributed by atoms with Gasteiger partial charge in [-0.25, -0.2) is 4.68 Å².